The van der Waals surface area contributed by atoms with Crippen LogP contribution < -0.4 is 10.6 Å². The van der Waals surface area contributed by atoms with Crippen molar-refractivity contribution < 1.29 is 13.3 Å². The molecule has 1 aromatic carbocycles. The molecular formula is C12H15N3O4S. The average molecular weight is 297 g/mol. The van der Waals surface area contributed by atoms with Crippen molar-refractivity contribution >= 4 is 26.9 Å². The van der Waals surface area contributed by atoms with Gasteiger partial charge in [0.05, 0.1) is 16.4 Å². The standard InChI is InChI=1S/C12H15N3O4S/c16-15(17)11-2-1-10-9(3-5-13-10)12(11)14-8-4-6-20(18,19)7-8/h1-2,8,13-14H,3-7H2. The number of hydrogen-bond donors (Lipinski definition) is 2. The van der Waals surface area contributed by atoms with E-state index in [0.717, 1.165) is 17.8 Å². The van der Waals surface area contributed by atoms with Crippen LogP contribution in [0.15, 0.2) is 12.1 Å². The Labute approximate surface area is 116 Å². The Balaban J connectivity index is 1.96. The predicted octanol–water partition coefficient (Wildman–Crippen LogP) is 1.16. The third kappa shape index (κ3) is 2.31. The third-order valence-electron chi connectivity index (χ3n) is 3.76. The van der Waals surface area contributed by atoms with Crippen molar-refractivity contribution in [2.75, 3.05) is 28.7 Å². The lowest BCUT2D eigenvalue weighted by atomic mass is 10.1. The average Bonchev–Trinajstić information content (AvgIpc) is 2.95. The highest BCUT2D eigenvalue weighted by Crippen LogP contribution is 2.37. The van der Waals surface area contributed by atoms with Gasteiger partial charge in [-0.1, -0.05) is 0 Å². The number of benzene rings is 1. The number of sulfone groups is 1. The molecule has 2 aliphatic heterocycles. The molecule has 0 amide bonds. The summed E-state index contributed by atoms with van der Waals surface area (Å²) < 4.78 is 23.0. The summed E-state index contributed by atoms with van der Waals surface area (Å²) >= 11 is 0. The molecule has 1 aromatic rings. The lowest BCUT2D eigenvalue weighted by Gasteiger charge is -2.15. The van der Waals surface area contributed by atoms with Crippen LogP contribution in [0.1, 0.15) is 12.0 Å². The number of hydrogen-bond acceptors (Lipinski definition) is 6. The molecule has 1 saturated heterocycles. The lowest BCUT2D eigenvalue weighted by Crippen LogP contribution is -2.22. The van der Waals surface area contributed by atoms with E-state index in [1.165, 1.54) is 6.07 Å². The van der Waals surface area contributed by atoms with Crippen LogP contribution >= 0.6 is 0 Å². The van der Waals surface area contributed by atoms with Gasteiger partial charge >= 0.3 is 0 Å². The van der Waals surface area contributed by atoms with Crippen LogP contribution in [-0.4, -0.2) is 37.4 Å². The van der Waals surface area contributed by atoms with E-state index in [1.54, 1.807) is 6.07 Å². The van der Waals surface area contributed by atoms with E-state index in [2.05, 4.69) is 10.6 Å². The van der Waals surface area contributed by atoms with E-state index in [9.17, 15) is 18.5 Å². The number of nitro groups is 1. The first-order chi connectivity index (χ1) is 9.46. The van der Waals surface area contributed by atoms with Gasteiger partial charge in [0.25, 0.3) is 5.69 Å². The van der Waals surface area contributed by atoms with E-state index in [1.807, 2.05) is 0 Å². The molecule has 2 aliphatic rings. The summed E-state index contributed by atoms with van der Waals surface area (Å²) in [6.45, 7) is 0.744. The molecular weight excluding hydrogens is 282 g/mol. The Bertz CT molecular complexity index is 672. The van der Waals surface area contributed by atoms with Crippen molar-refractivity contribution in [3.8, 4) is 0 Å². The maximum Gasteiger partial charge on any atom is 0.292 e. The molecule has 0 saturated carbocycles. The van der Waals surface area contributed by atoms with Gasteiger partial charge in [0.1, 0.15) is 5.69 Å². The Morgan fingerprint density at radius 3 is 2.85 bits per heavy atom. The minimum absolute atomic E-state index is 0.0109. The minimum atomic E-state index is -3.01. The van der Waals surface area contributed by atoms with Crippen molar-refractivity contribution in [2.45, 2.75) is 18.9 Å². The van der Waals surface area contributed by atoms with E-state index in [0.29, 0.717) is 18.5 Å². The van der Waals surface area contributed by atoms with Crippen LogP contribution in [-0.2, 0) is 16.3 Å². The minimum Gasteiger partial charge on any atom is -0.384 e. The molecule has 0 radical (unpaired) electrons. The SMILES string of the molecule is O=[N+]([O-])c1ccc2c(c1NC1CCS(=O)(=O)C1)CCN2. The first-order valence-electron chi connectivity index (χ1n) is 6.47. The zero-order chi connectivity index (χ0) is 14.3. The Morgan fingerprint density at radius 1 is 1.40 bits per heavy atom. The van der Waals surface area contributed by atoms with E-state index in [4.69, 9.17) is 0 Å². The van der Waals surface area contributed by atoms with Crippen LogP contribution in [0.2, 0.25) is 0 Å². The monoisotopic (exact) mass is 297 g/mol. The zero-order valence-electron chi connectivity index (χ0n) is 10.8. The highest BCUT2D eigenvalue weighted by Gasteiger charge is 2.31. The summed E-state index contributed by atoms with van der Waals surface area (Å²) in [6.07, 6.45) is 1.20. The number of nitrogens with zero attached hydrogens (tertiary/aromatic N) is 1. The lowest BCUT2D eigenvalue weighted by molar-refractivity contribution is -0.384. The van der Waals surface area contributed by atoms with Gasteiger partial charge in [0, 0.05) is 29.9 Å². The fraction of sp³-hybridized carbons (Fsp3) is 0.500. The molecule has 2 N–H and O–H groups in total. The fourth-order valence-electron chi connectivity index (χ4n) is 2.81. The summed E-state index contributed by atoms with van der Waals surface area (Å²) in [7, 11) is -3.01. The molecule has 20 heavy (non-hydrogen) atoms. The van der Waals surface area contributed by atoms with E-state index in [-0.39, 0.29) is 23.2 Å². The second kappa shape index (κ2) is 4.62. The Hall–Kier alpha value is -1.83. The molecule has 1 atom stereocenters. The summed E-state index contributed by atoms with van der Waals surface area (Å²) in [5.41, 5.74) is 2.25. The maximum atomic E-state index is 11.5. The molecule has 108 valence electrons. The topological polar surface area (TPSA) is 101 Å². The number of fused-ring (bicyclic) bond motifs is 1. The van der Waals surface area contributed by atoms with Crippen LogP contribution in [0.25, 0.3) is 0 Å². The maximum absolute atomic E-state index is 11.5. The summed E-state index contributed by atoms with van der Waals surface area (Å²) in [5.74, 6) is 0.187. The first kappa shape index (κ1) is 13.2. The van der Waals surface area contributed by atoms with Crippen molar-refractivity contribution in [1.82, 2.24) is 0 Å². The highest BCUT2D eigenvalue weighted by atomic mass is 32.2. The van der Waals surface area contributed by atoms with Gasteiger partial charge in [-0.3, -0.25) is 10.1 Å². The van der Waals surface area contributed by atoms with E-state index >= 15 is 0 Å². The molecule has 0 aromatic heterocycles. The molecule has 1 unspecified atom stereocenters. The van der Waals surface area contributed by atoms with Gasteiger partial charge < -0.3 is 10.6 Å². The van der Waals surface area contributed by atoms with Crippen LogP contribution in [0, 0.1) is 10.1 Å². The number of nitro benzene ring substituents is 1. The summed E-state index contributed by atoms with van der Waals surface area (Å²) in [5, 5.41) is 17.4. The van der Waals surface area contributed by atoms with Crippen LogP contribution in [0.4, 0.5) is 17.1 Å². The molecule has 0 bridgehead atoms. The van der Waals surface area contributed by atoms with Gasteiger partial charge in [0.2, 0.25) is 0 Å². The van der Waals surface area contributed by atoms with Crippen LogP contribution in [0.5, 0.6) is 0 Å². The first-order valence-corrected chi connectivity index (χ1v) is 8.29. The normalized spacial score (nSPS) is 23.1. The molecule has 2 heterocycles. The highest BCUT2D eigenvalue weighted by molar-refractivity contribution is 7.91. The molecule has 7 nitrogen and oxygen atoms in total. The molecule has 0 spiro atoms. The fourth-order valence-corrected chi connectivity index (χ4v) is 4.48. The quantitative estimate of drug-likeness (QED) is 0.641. The summed E-state index contributed by atoms with van der Waals surface area (Å²) in [4.78, 5) is 10.7. The van der Waals surface area contributed by atoms with Crippen molar-refractivity contribution in [2.24, 2.45) is 0 Å². The zero-order valence-corrected chi connectivity index (χ0v) is 11.6. The molecule has 1 fully saturated rings. The van der Waals surface area contributed by atoms with Crippen LogP contribution in [0.3, 0.4) is 0 Å². The predicted molar refractivity (Wildman–Crippen MR) is 76.0 cm³/mol. The number of nitrogens with one attached hydrogen (secondary N) is 2. The number of anilines is 2. The summed E-state index contributed by atoms with van der Waals surface area (Å²) in [6, 6.07) is 2.92. The van der Waals surface area contributed by atoms with Crippen molar-refractivity contribution in [1.29, 1.82) is 0 Å². The third-order valence-corrected chi connectivity index (χ3v) is 5.53. The molecule has 0 aliphatic carbocycles. The van der Waals surface area contributed by atoms with E-state index < -0.39 is 14.8 Å². The molecule has 8 heteroatoms. The van der Waals surface area contributed by atoms with Gasteiger partial charge in [-0.15, -0.1) is 0 Å². The van der Waals surface area contributed by atoms with Crippen molar-refractivity contribution in [3.63, 3.8) is 0 Å². The van der Waals surface area contributed by atoms with Gasteiger partial charge in [-0.2, -0.15) is 0 Å². The van der Waals surface area contributed by atoms with Gasteiger partial charge in [-0.05, 0) is 18.9 Å². The van der Waals surface area contributed by atoms with Gasteiger partial charge in [-0.25, -0.2) is 8.42 Å². The smallest absolute Gasteiger partial charge is 0.292 e. The second-order valence-electron chi connectivity index (χ2n) is 5.16. The number of rotatable bonds is 3. The second-order valence-corrected chi connectivity index (χ2v) is 7.39. The Kier molecular flexibility index (Phi) is 3.04. The Morgan fingerprint density at radius 2 is 2.20 bits per heavy atom. The van der Waals surface area contributed by atoms with Gasteiger partial charge in [0.15, 0.2) is 9.84 Å². The molecule has 3 rings (SSSR count). The largest absolute Gasteiger partial charge is 0.384 e. The van der Waals surface area contributed by atoms with Crippen molar-refractivity contribution in [3.05, 3.63) is 27.8 Å².